The lowest BCUT2D eigenvalue weighted by Gasteiger charge is -2.07. The second-order valence-electron chi connectivity index (χ2n) is 2.91. The summed E-state index contributed by atoms with van der Waals surface area (Å²) >= 11 is 3.51. The number of nitrogens with zero attached hydrogens (tertiary/aromatic N) is 1. The number of hydrogen-bond donors (Lipinski definition) is 0. The summed E-state index contributed by atoms with van der Waals surface area (Å²) in [5, 5.41) is 0. The van der Waals surface area contributed by atoms with Gasteiger partial charge in [0, 0.05) is 16.9 Å². The molecule has 0 aliphatic rings. The van der Waals surface area contributed by atoms with E-state index in [0.29, 0.717) is 0 Å². The van der Waals surface area contributed by atoms with Gasteiger partial charge in [-0.2, -0.15) is 0 Å². The molecular formula is C11H10BrNO. The number of benzene rings is 1. The molecule has 0 saturated heterocycles. The van der Waals surface area contributed by atoms with E-state index in [2.05, 4.69) is 15.9 Å². The second kappa shape index (κ2) is 3.88. The van der Waals surface area contributed by atoms with Gasteiger partial charge in [0.1, 0.15) is 5.75 Å². The van der Waals surface area contributed by atoms with Gasteiger partial charge in [-0.3, -0.25) is 0 Å². The lowest BCUT2D eigenvalue weighted by molar-refractivity contribution is 0.414. The van der Waals surface area contributed by atoms with Crippen LogP contribution in [0, 0.1) is 0 Å². The van der Waals surface area contributed by atoms with Crippen LogP contribution in [0.25, 0.3) is 5.69 Å². The minimum Gasteiger partial charge on any atom is -0.497 e. The Morgan fingerprint density at radius 1 is 1.21 bits per heavy atom. The van der Waals surface area contributed by atoms with E-state index in [9.17, 15) is 0 Å². The maximum Gasteiger partial charge on any atom is 0.120 e. The molecule has 1 aromatic heterocycles. The van der Waals surface area contributed by atoms with Gasteiger partial charge in [-0.1, -0.05) is 0 Å². The average Bonchev–Trinajstić information content (AvgIpc) is 2.70. The molecule has 0 bridgehead atoms. The largest absolute Gasteiger partial charge is 0.497 e. The molecule has 0 spiro atoms. The Labute approximate surface area is 91.3 Å². The van der Waals surface area contributed by atoms with E-state index in [1.54, 1.807) is 7.11 Å². The summed E-state index contributed by atoms with van der Waals surface area (Å²) in [5.41, 5.74) is 1.11. The van der Waals surface area contributed by atoms with Crippen molar-refractivity contribution in [1.29, 1.82) is 0 Å². The first-order chi connectivity index (χ1) is 6.81. The average molecular weight is 252 g/mol. The van der Waals surface area contributed by atoms with Gasteiger partial charge in [0.25, 0.3) is 0 Å². The molecule has 0 N–H and O–H groups in total. The van der Waals surface area contributed by atoms with Crippen LogP contribution >= 0.6 is 15.9 Å². The first kappa shape index (κ1) is 9.34. The molecule has 2 rings (SSSR count). The smallest absolute Gasteiger partial charge is 0.120 e. The zero-order valence-electron chi connectivity index (χ0n) is 7.77. The molecule has 0 saturated carbocycles. The van der Waals surface area contributed by atoms with Gasteiger partial charge in [0.2, 0.25) is 0 Å². The zero-order chi connectivity index (χ0) is 9.97. The number of methoxy groups -OCH3 is 1. The van der Waals surface area contributed by atoms with Crippen LogP contribution < -0.4 is 4.74 Å². The molecular weight excluding hydrogens is 242 g/mol. The third-order valence-electron chi connectivity index (χ3n) is 2.04. The van der Waals surface area contributed by atoms with Gasteiger partial charge in [-0.05, 0) is 46.3 Å². The van der Waals surface area contributed by atoms with Gasteiger partial charge in [-0.15, -0.1) is 0 Å². The fourth-order valence-electron chi connectivity index (χ4n) is 1.32. The summed E-state index contributed by atoms with van der Waals surface area (Å²) in [6.45, 7) is 0. The highest BCUT2D eigenvalue weighted by Crippen LogP contribution is 2.25. The van der Waals surface area contributed by atoms with Gasteiger partial charge in [0.15, 0.2) is 0 Å². The van der Waals surface area contributed by atoms with Crippen molar-refractivity contribution < 1.29 is 4.74 Å². The van der Waals surface area contributed by atoms with Crippen LogP contribution in [-0.2, 0) is 0 Å². The molecule has 0 aliphatic heterocycles. The number of ether oxygens (including phenoxy) is 1. The van der Waals surface area contributed by atoms with Crippen LogP contribution in [0.3, 0.4) is 0 Å². The summed E-state index contributed by atoms with van der Waals surface area (Å²) in [5.74, 6) is 0.854. The molecule has 72 valence electrons. The summed E-state index contributed by atoms with van der Waals surface area (Å²) in [6.07, 6.45) is 4.01. The van der Waals surface area contributed by atoms with E-state index < -0.39 is 0 Å². The fraction of sp³-hybridized carbons (Fsp3) is 0.0909. The molecule has 1 heterocycles. The number of rotatable bonds is 2. The fourth-order valence-corrected chi connectivity index (χ4v) is 1.88. The summed E-state index contributed by atoms with van der Waals surface area (Å²) in [6, 6.07) is 9.91. The van der Waals surface area contributed by atoms with Crippen molar-refractivity contribution in [3.8, 4) is 11.4 Å². The van der Waals surface area contributed by atoms with Gasteiger partial charge >= 0.3 is 0 Å². The quantitative estimate of drug-likeness (QED) is 0.800. The van der Waals surface area contributed by atoms with Gasteiger partial charge in [0.05, 0.1) is 12.8 Å². The van der Waals surface area contributed by atoms with Crippen molar-refractivity contribution in [2.75, 3.05) is 7.11 Å². The summed E-state index contributed by atoms with van der Waals surface area (Å²) in [7, 11) is 1.66. The zero-order valence-corrected chi connectivity index (χ0v) is 9.36. The molecule has 0 radical (unpaired) electrons. The predicted molar refractivity (Wildman–Crippen MR) is 60.0 cm³/mol. The molecule has 0 unspecified atom stereocenters. The summed E-state index contributed by atoms with van der Waals surface area (Å²) in [4.78, 5) is 0. The van der Waals surface area contributed by atoms with E-state index >= 15 is 0 Å². The van der Waals surface area contributed by atoms with Crippen LogP contribution in [-0.4, -0.2) is 11.7 Å². The third kappa shape index (κ3) is 1.68. The van der Waals surface area contributed by atoms with Crippen LogP contribution in [0.15, 0.2) is 47.2 Å². The minimum absolute atomic E-state index is 0.854. The lowest BCUT2D eigenvalue weighted by Crippen LogP contribution is -1.91. The SMILES string of the molecule is COc1ccc(-n2cccc2)c(Br)c1. The Bertz CT molecular complexity index is 423. The van der Waals surface area contributed by atoms with Crippen molar-refractivity contribution in [2.45, 2.75) is 0 Å². The Morgan fingerprint density at radius 3 is 2.50 bits per heavy atom. The van der Waals surface area contributed by atoms with Gasteiger partial charge < -0.3 is 9.30 Å². The number of halogens is 1. The summed E-state index contributed by atoms with van der Waals surface area (Å²) < 4.78 is 8.19. The first-order valence-corrected chi connectivity index (χ1v) is 5.07. The highest BCUT2D eigenvalue weighted by molar-refractivity contribution is 9.10. The van der Waals surface area contributed by atoms with E-state index in [1.807, 2.05) is 47.3 Å². The third-order valence-corrected chi connectivity index (χ3v) is 2.67. The van der Waals surface area contributed by atoms with Crippen molar-refractivity contribution in [2.24, 2.45) is 0 Å². The minimum atomic E-state index is 0.854. The van der Waals surface area contributed by atoms with E-state index in [0.717, 1.165) is 15.9 Å². The maximum atomic E-state index is 5.13. The van der Waals surface area contributed by atoms with Crippen LogP contribution in [0.1, 0.15) is 0 Å². The topological polar surface area (TPSA) is 14.2 Å². The van der Waals surface area contributed by atoms with Crippen molar-refractivity contribution >= 4 is 15.9 Å². The highest BCUT2D eigenvalue weighted by Gasteiger charge is 2.02. The number of aromatic nitrogens is 1. The molecule has 2 aromatic rings. The molecule has 2 nitrogen and oxygen atoms in total. The Morgan fingerprint density at radius 2 is 1.93 bits per heavy atom. The second-order valence-corrected chi connectivity index (χ2v) is 3.76. The molecule has 0 fully saturated rings. The first-order valence-electron chi connectivity index (χ1n) is 4.28. The van der Waals surface area contributed by atoms with E-state index in [4.69, 9.17) is 4.74 Å². The number of hydrogen-bond acceptors (Lipinski definition) is 1. The maximum absolute atomic E-state index is 5.13. The molecule has 3 heteroatoms. The molecule has 14 heavy (non-hydrogen) atoms. The van der Waals surface area contributed by atoms with Gasteiger partial charge in [-0.25, -0.2) is 0 Å². The molecule has 0 aliphatic carbocycles. The molecule has 0 amide bonds. The van der Waals surface area contributed by atoms with Crippen molar-refractivity contribution in [3.63, 3.8) is 0 Å². The highest BCUT2D eigenvalue weighted by atomic mass is 79.9. The lowest BCUT2D eigenvalue weighted by atomic mass is 10.3. The Hall–Kier alpha value is -1.22. The van der Waals surface area contributed by atoms with Crippen molar-refractivity contribution in [1.82, 2.24) is 4.57 Å². The standard InChI is InChI=1S/C11H10BrNO/c1-14-9-4-5-11(10(12)8-9)13-6-2-3-7-13/h2-8H,1H3. The predicted octanol–water partition coefficient (Wildman–Crippen LogP) is 3.25. The monoisotopic (exact) mass is 251 g/mol. The Balaban J connectivity index is 2.46. The van der Waals surface area contributed by atoms with Crippen molar-refractivity contribution in [3.05, 3.63) is 47.2 Å². The van der Waals surface area contributed by atoms with Crippen LogP contribution in [0.5, 0.6) is 5.75 Å². The van der Waals surface area contributed by atoms with E-state index in [-0.39, 0.29) is 0 Å². The molecule has 1 aromatic carbocycles. The van der Waals surface area contributed by atoms with E-state index in [1.165, 1.54) is 0 Å². The van der Waals surface area contributed by atoms with Crippen LogP contribution in [0.2, 0.25) is 0 Å². The normalized spacial score (nSPS) is 10.1. The van der Waals surface area contributed by atoms with Crippen LogP contribution in [0.4, 0.5) is 0 Å². The molecule has 0 atom stereocenters. The Kier molecular flexibility index (Phi) is 2.59.